The van der Waals surface area contributed by atoms with Gasteiger partial charge in [-0.05, 0) is 40.0 Å². The summed E-state index contributed by atoms with van der Waals surface area (Å²) >= 11 is 8.83. The summed E-state index contributed by atoms with van der Waals surface area (Å²) in [6.45, 7) is 2.03. The van der Waals surface area contributed by atoms with Crippen LogP contribution < -0.4 is 0 Å². The number of hydrogen-bond donors (Lipinski definition) is 0. The summed E-state index contributed by atoms with van der Waals surface area (Å²) in [6, 6.07) is 5.05. The van der Waals surface area contributed by atoms with Gasteiger partial charge in [-0.15, -0.1) is 11.6 Å². The van der Waals surface area contributed by atoms with Crippen LogP contribution in [-0.4, -0.2) is 5.88 Å². The van der Waals surface area contributed by atoms with Gasteiger partial charge in [0.15, 0.2) is 0 Å². The Morgan fingerprint density at radius 3 is 2.79 bits per heavy atom. The molecule has 0 aliphatic rings. The molecule has 1 aromatic rings. The molecule has 0 spiro atoms. The smallest absolute Gasteiger partial charge is 0.137 e. The third-order valence-corrected chi connectivity index (χ3v) is 2.93. The molecule has 0 aromatic heterocycles. The van der Waals surface area contributed by atoms with Crippen LogP contribution in [0.25, 0.3) is 6.08 Å². The molecule has 0 N–H and O–H groups in total. The van der Waals surface area contributed by atoms with Crippen molar-refractivity contribution in [3.63, 3.8) is 0 Å². The summed E-state index contributed by atoms with van der Waals surface area (Å²) in [5, 5.41) is 0. The quantitative estimate of drug-likeness (QED) is 0.707. The first-order valence-electron chi connectivity index (χ1n) is 4.37. The average Bonchev–Trinajstić information content (AvgIpc) is 2.19. The highest BCUT2D eigenvalue weighted by molar-refractivity contribution is 9.10. The van der Waals surface area contributed by atoms with Gasteiger partial charge in [-0.25, -0.2) is 4.39 Å². The van der Waals surface area contributed by atoms with Gasteiger partial charge in [-0.1, -0.05) is 24.6 Å². The Kier molecular flexibility index (Phi) is 4.63. The second kappa shape index (κ2) is 5.52. The molecule has 1 aromatic carbocycles. The number of benzene rings is 1. The van der Waals surface area contributed by atoms with Crippen molar-refractivity contribution in [1.29, 1.82) is 0 Å². The highest BCUT2D eigenvalue weighted by atomic mass is 79.9. The lowest BCUT2D eigenvalue weighted by molar-refractivity contribution is 0.621. The zero-order chi connectivity index (χ0) is 10.6. The molecule has 0 nitrogen and oxygen atoms in total. The van der Waals surface area contributed by atoms with Gasteiger partial charge in [0.05, 0.1) is 4.47 Å². The van der Waals surface area contributed by atoms with Crippen LogP contribution in [0.2, 0.25) is 0 Å². The molecule has 0 saturated carbocycles. The average molecular weight is 278 g/mol. The van der Waals surface area contributed by atoms with E-state index in [-0.39, 0.29) is 5.82 Å². The van der Waals surface area contributed by atoms with Gasteiger partial charge in [0.25, 0.3) is 0 Å². The zero-order valence-electron chi connectivity index (χ0n) is 7.86. The van der Waals surface area contributed by atoms with Crippen LogP contribution in [0.1, 0.15) is 18.9 Å². The third-order valence-electron chi connectivity index (χ3n) is 1.94. The minimum Gasteiger partial charge on any atom is -0.206 e. The zero-order valence-corrected chi connectivity index (χ0v) is 10.2. The van der Waals surface area contributed by atoms with E-state index in [2.05, 4.69) is 15.9 Å². The van der Waals surface area contributed by atoms with Crippen LogP contribution >= 0.6 is 27.5 Å². The topological polar surface area (TPSA) is 0 Å². The number of halogens is 3. The van der Waals surface area contributed by atoms with Gasteiger partial charge < -0.3 is 0 Å². The monoisotopic (exact) mass is 276 g/mol. The molecule has 0 amide bonds. The summed E-state index contributed by atoms with van der Waals surface area (Å²) in [6.07, 6.45) is 2.81. The van der Waals surface area contributed by atoms with Crippen LogP contribution in [-0.2, 0) is 0 Å². The molecular weight excluding hydrogens is 266 g/mol. The molecule has 0 aliphatic heterocycles. The maximum atomic E-state index is 13.1. The van der Waals surface area contributed by atoms with Crippen molar-refractivity contribution in [2.24, 2.45) is 0 Å². The highest BCUT2D eigenvalue weighted by Gasteiger charge is 1.99. The normalized spacial score (nSPS) is 11.9. The van der Waals surface area contributed by atoms with E-state index in [0.29, 0.717) is 10.4 Å². The standard InChI is InChI=1S/C11H11BrClF/c1-2-8(7-13)5-9-3-4-10(12)11(14)6-9/h3-6H,2,7H2,1H3/b8-5-. The molecular formula is C11H11BrClF. The van der Waals surface area contributed by atoms with E-state index in [1.807, 2.05) is 19.1 Å². The maximum Gasteiger partial charge on any atom is 0.137 e. The van der Waals surface area contributed by atoms with E-state index in [4.69, 9.17) is 11.6 Å². The summed E-state index contributed by atoms with van der Waals surface area (Å²) in [5.74, 6) is 0.248. The van der Waals surface area contributed by atoms with E-state index in [1.165, 1.54) is 6.07 Å². The SMILES string of the molecule is CC/C(=C/c1ccc(Br)c(F)c1)CCl. The van der Waals surface area contributed by atoms with Crippen molar-refractivity contribution >= 4 is 33.6 Å². The Morgan fingerprint density at radius 2 is 2.29 bits per heavy atom. The fraction of sp³-hybridized carbons (Fsp3) is 0.273. The van der Waals surface area contributed by atoms with E-state index in [0.717, 1.165) is 17.6 Å². The summed E-state index contributed by atoms with van der Waals surface area (Å²) < 4.78 is 13.6. The van der Waals surface area contributed by atoms with Crippen LogP contribution in [0.5, 0.6) is 0 Å². The Bertz CT molecular complexity index is 341. The van der Waals surface area contributed by atoms with Crippen molar-refractivity contribution in [1.82, 2.24) is 0 Å². The summed E-state index contributed by atoms with van der Waals surface area (Å²) in [7, 11) is 0. The number of hydrogen-bond acceptors (Lipinski definition) is 0. The molecule has 0 bridgehead atoms. The predicted octanol–water partition coefficient (Wildman–Crippen LogP) is 4.62. The summed E-state index contributed by atoms with van der Waals surface area (Å²) in [4.78, 5) is 0. The van der Waals surface area contributed by atoms with E-state index < -0.39 is 0 Å². The van der Waals surface area contributed by atoms with Crippen molar-refractivity contribution in [2.45, 2.75) is 13.3 Å². The van der Waals surface area contributed by atoms with E-state index >= 15 is 0 Å². The molecule has 0 fully saturated rings. The van der Waals surface area contributed by atoms with Gasteiger partial charge in [0.1, 0.15) is 5.82 Å². The second-order valence-corrected chi connectivity index (χ2v) is 4.08. The van der Waals surface area contributed by atoms with Crippen LogP contribution in [0, 0.1) is 5.82 Å². The Balaban J connectivity index is 2.97. The number of allylic oxidation sites excluding steroid dienone is 1. The maximum absolute atomic E-state index is 13.1. The predicted molar refractivity (Wildman–Crippen MR) is 63.1 cm³/mol. The minimum absolute atomic E-state index is 0.247. The molecule has 0 unspecified atom stereocenters. The van der Waals surface area contributed by atoms with Gasteiger partial charge in [-0.3, -0.25) is 0 Å². The van der Waals surface area contributed by atoms with Gasteiger partial charge in [0.2, 0.25) is 0 Å². The molecule has 3 heteroatoms. The molecule has 0 heterocycles. The molecule has 14 heavy (non-hydrogen) atoms. The molecule has 0 aliphatic carbocycles. The van der Waals surface area contributed by atoms with Crippen molar-refractivity contribution in [3.05, 3.63) is 39.6 Å². The van der Waals surface area contributed by atoms with E-state index in [9.17, 15) is 4.39 Å². The molecule has 0 atom stereocenters. The summed E-state index contributed by atoms with van der Waals surface area (Å²) in [5.41, 5.74) is 1.96. The fourth-order valence-electron chi connectivity index (χ4n) is 1.07. The first-order chi connectivity index (χ1) is 6.67. The van der Waals surface area contributed by atoms with Gasteiger partial charge in [-0.2, -0.15) is 0 Å². The lowest BCUT2D eigenvalue weighted by Gasteiger charge is -2.00. The largest absolute Gasteiger partial charge is 0.206 e. The highest BCUT2D eigenvalue weighted by Crippen LogP contribution is 2.19. The first kappa shape index (κ1) is 11.7. The fourth-order valence-corrected chi connectivity index (χ4v) is 1.59. The first-order valence-corrected chi connectivity index (χ1v) is 5.70. The van der Waals surface area contributed by atoms with Gasteiger partial charge in [0, 0.05) is 5.88 Å². The molecule has 0 radical (unpaired) electrons. The van der Waals surface area contributed by atoms with Crippen molar-refractivity contribution in [3.8, 4) is 0 Å². The van der Waals surface area contributed by atoms with Crippen LogP contribution in [0.15, 0.2) is 28.2 Å². The third kappa shape index (κ3) is 3.10. The van der Waals surface area contributed by atoms with Gasteiger partial charge >= 0.3 is 0 Å². The number of alkyl halides is 1. The Labute approximate surface area is 96.9 Å². The van der Waals surface area contributed by atoms with Crippen molar-refractivity contribution in [2.75, 3.05) is 5.88 Å². The van der Waals surface area contributed by atoms with Crippen molar-refractivity contribution < 1.29 is 4.39 Å². The van der Waals surface area contributed by atoms with Crippen LogP contribution in [0.4, 0.5) is 4.39 Å². The minimum atomic E-state index is -0.247. The molecule has 1 rings (SSSR count). The van der Waals surface area contributed by atoms with Crippen LogP contribution in [0.3, 0.4) is 0 Å². The molecule has 76 valence electrons. The lowest BCUT2D eigenvalue weighted by Crippen LogP contribution is -1.84. The lowest BCUT2D eigenvalue weighted by atomic mass is 10.1. The Hall–Kier alpha value is -0.340. The second-order valence-electron chi connectivity index (χ2n) is 2.96. The van der Waals surface area contributed by atoms with E-state index in [1.54, 1.807) is 6.07 Å². The number of rotatable bonds is 3. The molecule has 0 saturated heterocycles. The Morgan fingerprint density at radius 1 is 1.57 bits per heavy atom.